The third-order valence-electron chi connectivity index (χ3n) is 16.5. The van der Waals surface area contributed by atoms with Gasteiger partial charge in [-0.05, 0) is 57.8 Å². The van der Waals surface area contributed by atoms with Crippen LogP contribution in [-0.2, 0) is 14.3 Å². The maximum absolute atomic E-state index is 12.4. The van der Waals surface area contributed by atoms with Crippen molar-refractivity contribution in [2.45, 2.75) is 405 Å². The summed E-state index contributed by atoms with van der Waals surface area (Å²) in [4.78, 5) is 24.5. The van der Waals surface area contributed by atoms with Gasteiger partial charge in [-0.15, -0.1) is 0 Å². The van der Waals surface area contributed by atoms with Crippen molar-refractivity contribution < 1.29 is 24.5 Å². The van der Waals surface area contributed by atoms with Crippen LogP contribution in [0.1, 0.15) is 393 Å². The molecular weight excluding hydrogens is 947 g/mol. The fourth-order valence-electron chi connectivity index (χ4n) is 11.1. The molecule has 0 aliphatic heterocycles. The number of esters is 1. The second-order valence-corrected chi connectivity index (χ2v) is 24.2. The first-order valence-corrected chi connectivity index (χ1v) is 35.1. The first-order valence-electron chi connectivity index (χ1n) is 35.1. The minimum Gasteiger partial charge on any atom is -0.466 e. The second-order valence-electron chi connectivity index (χ2n) is 24.2. The summed E-state index contributed by atoms with van der Waals surface area (Å²) >= 11 is 0. The van der Waals surface area contributed by atoms with Gasteiger partial charge >= 0.3 is 5.97 Å². The molecule has 1 amide bonds. The van der Waals surface area contributed by atoms with Gasteiger partial charge in [-0.1, -0.05) is 346 Å². The molecular formula is C71H137NO5. The molecule has 0 fully saturated rings. The average molecular weight is 1080 g/mol. The molecule has 6 nitrogen and oxygen atoms in total. The molecule has 0 rings (SSSR count). The number of amides is 1. The Hall–Kier alpha value is -1.66. The maximum atomic E-state index is 12.4. The smallest absolute Gasteiger partial charge is 0.305 e. The van der Waals surface area contributed by atoms with Crippen molar-refractivity contribution in [2.75, 3.05) is 13.2 Å². The van der Waals surface area contributed by atoms with Crippen molar-refractivity contribution in [3.05, 3.63) is 24.3 Å². The van der Waals surface area contributed by atoms with Gasteiger partial charge in [0.15, 0.2) is 0 Å². The Morgan fingerprint density at radius 2 is 0.610 bits per heavy atom. The van der Waals surface area contributed by atoms with Gasteiger partial charge in [0.1, 0.15) is 0 Å². The quantitative estimate of drug-likeness (QED) is 0.0320. The van der Waals surface area contributed by atoms with E-state index in [2.05, 4.69) is 31.3 Å². The molecule has 0 aliphatic rings. The monoisotopic (exact) mass is 1080 g/mol. The van der Waals surface area contributed by atoms with Crippen LogP contribution in [0.4, 0.5) is 0 Å². The molecule has 0 spiro atoms. The molecule has 2 atom stereocenters. The van der Waals surface area contributed by atoms with Crippen molar-refractivity contribution >= 4 is 11.9 Å². The zero-order valence-electron chi connectivity index (χ0n) is 52.2. The normalized spacial score (nSPS) is 12.6. The third kappa shape index (κ3) is 63.4. The molecule has 0 saturated heterocycles. The van der Waals surface area contributed by atoms with Crippen molar-refractivity contribution in [3.63, 3.8) is 0 Å². The Balaban J connectivity index is 3.33. The molecule has 456 valence electrons. The molecule has 0 radical (unpaired) electrons. The van der Waals surface area contributed by atoms with E-state index >= 15 is 0 Å². The SMILES string of the molecule is CCCCCCCCCCC/C=C/C(O)C(CO)NC(=O)CCCCCCCCCCCCCCCCC/C=C\CCCCCCCCCCCCCCOC(=O)CCCCCCCCCCCCCCCCCCCC. The van der Waals surface area contributed by atoms with E-state index in [1.165, 1.54) is 327 Å². The van der Waals surface area contributed by atoms with Crippen LogP contribution in [0.2, 0.25) is 0 Å². The lowest BCUT2D eigenvalue weighted by molar-refractivity contribution is -0.143. The number of aliphatic hydroxyl groups excluding tert-OH is 2. The molecule has 0 aromatic carbocycles. The zero-order chi connectivity index (χ0) is 55.7. The summed E-state index contributed by atoms with van der Waals surface area (Å²) in [5, 5.41) is 23.1. The Kier molecular flexibility index (Phi) is 65.4. The molecule has 0 heterocycles. The number of allylic oxidation sites excluding steroid dienone is 3. The summed E-state index contributed by atoms with van der Waals surface area (Å²) < 4.78 is 5.51. The van der Waals surface area contributed by atoms with Crippen LogP contribution in [0.25, 0.3) is 0 Å². The highest BCUT2D eigenvalue weighted by Gasteiger charge is 2.18. The van der Waals surface area contributed by atoms with Crippen molar-refractivity contribution in [1.82, 2.24) is 5.32 Å². The highest BCUT2D eigenvalue weighted by atomic mass is 16.5. The van der Waals surface area contributed by atoms with E-state index in [4.69, 9.17) is 4.74 Å². The number of carbonyl (C=O) groups excluding carboxylic acids is 2. The first kappa shape index (κ1) is 75.3. The number of nitrogens with one attached hydrogen (secondary N) is 1. The van der Waals surface area contributed by atoms with Crippen molar-refractivity contribution in [3.8, 4) is 0 Å². The summed E-state index contributed by atoms with van der Waals surface area (Å²) in [6.45, 7) is 4.93. The number of aliphatic hydroxyl groups is 2. The average Bonchev–Trinajstić information content (AvgIpc) is 3.43. The Bertz CT molecular complexity index is 1200. The summed E-state index contributed by atoms with van der Waals surface area (Å²) in [5.74, 6) is -0.0432. The van der Waals surface area contributed by atoms with E-state index in [-0.39, 0.29) is 18.5 Å². The van der Waals surface area contributed by atoms with E-state index < -0.39 is 12.1 Å². The Morgan fingerprint density at radius 1 is 0.351 bits per heavy atom. The number of hydrogen-bond donors (Lipinski definition) is 3. The van der Waals surface area contributed by atoms with Crippen LogP contribution in [0.5, 0.6) is 0 Å². The minimum atomic E-state index is -0.841. The van der Waals surface area contributed by atoms with Crippen molar-refractivity contribution in [1.29, 1.82) is 0 Å². The molecule has 0 aliphatic carbocycles. The standard InChI is InChI=1S/C71H137NO5/c1-3-5-7-9-11-13-15-16-17-18-35-38-41-45-49-53-57-61-65-71(76)77-66-62-58-54-50-46-42-39-36-33-31-29-27-25-23-21-19-20-22-24-26-28-30-32-34-37-40-44-48-52-56-60-64-70(75)72-68(67-73)69(74)63-59-55-51-47-43-14-12-10-8-6-4-2/h21,23,59,63,68-69,73-74H,3-20,22,24-58,60-62,64-67H2,1-2H3,(H,72,75)/b23-21-,63-59+. The van der Waals surface area contributed by atoms with Gasteiger partial charge in [0.2, 0.25) is 5.91 Å². The van der Waals surface area contributed by atoms with Gasteiger partial charge in [-0.2, -0.15) is 0 Å². The van der Waals surface area contributed by atoms with Crippen LogP contribution < -0.4 is 5.32 Å². The molecule has 0 bridgehead atoms. The van der Waals surface area contributed by atoms with Crippen molar-refractivity contribution in [2.24, 2.45) is 0 Å². The summed E-state index contributed by atoms with van der Waals surface area (Å²) in [7, 11) is 0. The second kappa shape index (κ2) is 66.8. The number of carbonyl (C=O) groups is 2. The Labute approximate surface area is 481 Å². The number of unbranched alkanes of at least 4 members (excludes halogenated alkanes) is 53. The van der Waals surface area contributed by atoms with Gasteiger partial charge in [0, 0.05) is 12.8 Å². The number of rotatable bonds is 66. The van der Waals surface area contributed by atoms with Gasteiger partial charge in [0.25, 0.3) is 0 Å². The topological polar surface area (TPSA) is 95.9 Å². The molecule has 3 N–H and O–H groups in total. The fourth-order valence-corrected chi connectivity index (χ4v) is 11.1. The van der Waals surface area contributed by atoms with E-state index in [0.29, 0.717) is 19.4 Å². The van der Waals surface area contributed by atoms with Gasteiger partial charge in [-0.25, -0.2) is 0 Å². The van der Waals surface area contributed by atoms with Crippen LogP contribution in [0.3, 0.4) is 0 Å². The summed E-state index contributed by atoms with van der Waals surface area (Å²) in [6.07, 6.45) is 84.1. The summed E-state index contributed by atoms with van der Waals surface area (Å²) in [5.41, 5.74) is 0. The molecule has 0 aromatic rings. The predicted molar refractivity (Wildman–Crippen MR) is 338 cm³/mol. The lowest BCUT2D eigenvalue weighted by Gasteiger charge is -2.20. The maximum Gasteiger partial charge on any atom is 0.305 e. The predicted octanol–water partition coefficient (Wildman–Crippen LogP) is 22.5. The first-order chi connectivity index (χ1) is 38.0. The molecule has 0 aromatic heterocycles. The van der Waals surface area contributed by atoms with Crippen LogP contribution in [0, 0.1) is 0 Å². The fraction of sp³-hybridized carbons (Fsp3) is 0.915. The molecule has 2 unspecified atom stereocenters. The third-order valence-corrected chi connectivity index (χ3v) is 16.5. The van der Waals surface area contributed by atoms with E-state index in [9.17, 15) is 19.8 Å². The van der Waals surface area contributed by atoms with Crippen LogP contribution >= 0.6 is 0 Å². The summed E-state index contributed by atoms with van der Waals surface area (Å²) in [6, 6.07) is -0.624. The molecule has 6 heteroatoms. The Morgan fingerprint density at radius 3 is 0.922 bits per heavy atom. The van der Waals surface area contributed by atoms with Gasteiger partial charge < -0.3 is 20.3 Å². The largest absolute Gasteiger partial charge is 0.466 e. The highest BCUT2D eigenvalue weighted by molar-refractivity contribution is 5.76. The van der Waals surface area contributed by atoms with E-state index in [1.807, 2.05) is 6.08 Å². The number of ether oxygens (including phenoxy) is 1. The molecule has 77 heavy (non-hydrogen) atoms. The van der Waals surface area contributed by atoms with E-state index in [1.54, 1.807) is 6.08 Å². The highest BCUT2D eigenvalue weighted by Crippen LogP contribution is 2.19. The lowest BCUT2D eigenvalue weighted by Crippen LogP contribution is -2.45. The van der Waals surface area contributed by atoms with Crippen LogP contribution in [0.15, 0.2) is 24.3 Å². The van der Waals surface area contributed by atoms with Gasteiger partial charge in [0.05, 0.1) is 25.4 Å². The lowest BCUT2D eigenvalue weighted by atomic mass is 10.0. The zero-order valence-corrected chi connectivity index (χ0v) is 52.2. The minimum absolute atomic E-state index is 0.0223. The van der Waals surface area contributed by atoms with Crippen LogP contribution in [-0.4, -0.2) is 47.4 Å². The van der Waals surface area contributed by atoms with Gasteiger partial charge in [-0.3, -0.25) is 9.59 Å². The number of hydrogen-bond acceptors (Lipinski definition) is 5. The van der Waals surface area contributed by atoms with E-state index in [0.717, 1.165) is 38.5 Å². The molecule has 0 saturated carbocycles.